The highest BCUT2D eigenvalue weighted by Crippen LogP contribution is 2.26. The van der Waals surface area contributed by atoms with Gasteiger partial charge in [-0.15, -0.1) is 0 Å². The Bertz CT molecular complexity index is 648. The lowest BCUT2D eigenvalue weighted by Crippen LogP contribution is -2.31. The molecule has 6 nitrogen and oxygen atoms in total. The quantitative estimate of drug-likeness (QED) is 0.871. The first-order chi connectivity index (χ1) is 10.8. The van der Waals surface area contributed by atoms with E-state index in [2.05, 4.69) is 32.3 Å². The SMILES string of the molecule is COc1ccc2c(c1)CCN(c1ccnc(NCCO)n1)C2. The number of aliphatic hydroxyl groups is 1. The molecule has 22 heavy (non-hydrogen) atoms. The topological polar surface area (TPSA) is 70.5 Å². The number of fused-ring (bicyclic) bond motifs is 1. The molecule has 0 unspecified atom stereocenters. The normalized spacial score (nSPS) is 13.6. The zero-order valence-corrected chi connectivity index (χ0v) is 12.6. The van der Waals surface area contributed by atoms with Crippen molar-refractivity contribution < 1.29 is 9.84 Å². The van der Waals surface area contributed by atoms with Gasteiger partial charge in [-0.3, -0.25) is 0 Å². The number of benzene rings is 1. The summed E-state index contributed by atoms with van der Waals surface area (Å²) in [4.78, 5) is 10.9. The molecule has 0 bridgehead atoms. The average molecular weight is 300 g/mol. The van der Waals surface area contributed by atoms with E-state index in [1.807, 2.05) is 12.1 Å². The van der Waals surface area contributed by atoms with E-state index in [0.717, 1.165) is 31.1 Å². The summed E-state index contributed by atoms with van der Waals surface area (Å²) in [7, 11) is 1.69. The number of aromatic nitrogens is 2. The lowest BCUT2D eigenvalue weighted by molar-refractivity contribution is 0.311. The largest absolute Gasteiger partial charge is 0.497 e. The van der Waals surface area contributed by atoms with E-state index in [4.69, 9.17) is 9.84 Å². The highest BCUT2D eigenvalue weighted by Gasteiger charge is 2.18. The number of hydrogen-bond acceptors (Lipinski definition) is 6. The first-order valence-electron chi connectivity index (χ1n) is 7.38. The van der Waals surface area contributed by atoms with Gasteiger partial charge in [0.2, 0.25) is 5.95 Å². The molecule has 1 aromatic heterocycles. The lowest BCUT2D eigenvalue weighted by atomic mass is 9.99. The van der Waals surface area contributed by atoms with Crippen LogP contribution >= 0.6 is 0 Å². The van der Waals surface area contributed by atoms with Crippen molar-refractivity contribution in [1.29, 1.82) is 0 Å². The Morgan fingerprint density at radius 1 is 1.32 bits per heavy atom. The second-order valence-corrected chi connectivity index (χ2v) is 5.20. The predicted molar refractivity (Wildman–Crippen MR) is 85.4 cm³/mol. The Balaban J connectivity index is 1.76. The van der Waals surface area contributed by atoms with Crippen LogP contribution < -0.4 is 15.0 Å². The molecule has 3 rings (SSSR count). The van der Waals surface area contributed by atoms with Crippen LogP contribution in [0.1, 0.15) is 11.1 Å². The second kappa shape index (κ2) is 6.62. The summed E-state index contributed by atoms with van der Waals surface area (Å²) in [6, 6.07) is 8.14. The summed E-state index contributed by atoms with van der Waals surface area (Å²) in [5, 5.41) is 11.9. The summed E-state index contributed by atoms with van der Waals surface area (Å²) in [6.45, 7) is 2.25. The number of anilines is 2. The van der Waals surface area contributed by atoms with Crippen molar-refractivity contribution in [2.24, 2.45) is 0 Å². The minimum absolute atomic E-state index is 0.0620. The van der Waals surface area contributed by atoms with Crippen molar-refractivity contribution in [2.75, 3.05) is 37.0 Å². The standard InChI is InChI=1S/C16H20N4O2/c1-22-14-3-2-13-11-20(8-5-12(13)10-14)15-4-6-17-16(19-15)18-7-9-21/h2-4,6,10,21H,5,7-9,11H2,1H3,(H,17,18,19). The number of ether oxygens (including phenoxy) is 1. The minimum atomic E-state index is 0.0620. The third kappa shape index (κ3) is 3.12. The Hall–Kier alpha value is -2.34. The van der Waals surface area contributed by atoms with Crippen LogP contribution in [0.25, 0.3) is 0 Å². The molecule has 0 atom stereocenters. The summed E-state index contributed by atoms with van der Waals surface area (Å²) in [6.07, 6.45) is 2.71. The average Bonchev–Trinajstić information content (AvgIpc) is 2.59. The van der Waals surface area contributed by atoms with E-state index in [1.54, 1.807) is 13.3 Å². The maximum Gasteiger partial charge on any atom is 0.224 e. The van der Waals surface area contributed by atoms with Gasteiger partial charge in [0.15, 0.2) is 0 Å². The summed E-state index contributed by atoms with van der Waals surface area (Å²) in [5.74, 6) is 2.36. The smallest absolute Gasteiger partial charge is 0.224 e. The van der Waals surface area contributed by atoms with Gasteiger partial charge in [0.05, 0.1) is 13.7 Å². The zero-order chi connectivity index (χ0) is 15.4. The lowest BCUT2D eigenvalue weighted by Gasteiger charge is -2.30. The Morgan fingerprint density at radius 3 is 3.05 bits per heavy atom. The third-order valence-corrected chi connectivity index (χ3v) is 3.79. The van der Waals surface area contributed by atoms with Crippen LogP contribution in [0.2, 0.25) is 0 Å². The fourth-order valence-electron chi connectivity index (χ4n) is 2.63. The zero-order valence-electron chi connectivity index (χ0n) is 12.6. The molecule has 6 heteroatoms. The van der Waals surface area contributed by atoms with Crippen LogP contribution in [0, 0.1) is 0 Å². The van der Waals surface area contributed by atoms with Crippen molar-refractivity contribution in [3.8, 4) is 5.75 Å². The molecule has 0 fully saturated rings. The number of methoxy groups -OCH3 is 1. The maximum atomic E-state index is 8.86. The van der Waals surface area contributed by atoms with E-state index in [1.165, 1.54) is 11.1 Å². The molecule has 2 heterocycles. The van der Waals surface area contributed by atoms with Gasteiger partial charge in [-0.05, 0) is 35.7 Å². The van der Waals surface area contributed by atoms with Crippen LogP contribution in [0.5, 0.6) is 5.75 Å². The summed E-state index contributed by atoms with van der Waals surface area (Å²) in [5.41, 5.74) is 2.64. The molecular weight excluding hydrogens is 280 g/mol. The molecule has 2 aromatic rings. The van der Waals surface area contributed by atoms with Gasteiger partial charge in [0.1, 0.15) is 11.6 Å². The Labute approximate surface area is 129 Å². The molecule has 1 aromatic carbocycles. The van der Waals surface area contributed by atoms with Crippen molar-refractivity contribution in [1.82, 2.24) is 9.97 Å². The van der Waals surface area contributed by atoms with E-state index in [0.29, 0.717) is 12.5 Å². The fourth-order valence-corrected chi connectivity index (χ4v) is 2.63. The van der Waals surface area contributed by atoms with E-state index >= 15 is 0 Å². The first-order valence-corrected chi connectivity index (χ1v) is 7.38. The van der Waals surface area contributed by atoms with Crippen LogP contribution in [0.4, 0.5) is 11.8 Å². The van der Waals surface area contributed by atoms with Gasteiger partial charge in [0.25, 0.3) is 0 Å². The second-order valence-electron chi connectivity index (χ2n) is 5.20. The number of aliphatic hydroxyl groups excluding tert-OH is 1. The molecule has 116 valence electrons. The summed E-state index contributed by atoms with van der Waals surface area (Å²) >= 11 is 0. The first kappa shape index (κ1) is 14.6. The third-order valence-electron chi connectivity index (χ3n) is 3.79. The van der Waals surface area contributed by atoms with Crippen LogP contribution in [-0.2, 0) is 13.0 Å². The maximum absolute atomic E-state index is 8.86. The van der Waals surface area contributed by atoms with Gasteiger partial charge in [0, 0.05) is 25.8 Å². The predicted octanol–water partition coefficient (Wildman–Crippen LogP) is 1.45. The van der Waals surface area contributed by atoms with Gasteiger partial charge < -0.3 is 20.1 Å². The molecular formula is C16H20N4O2. The molecule has 0 saturated carbocycles. The van der Waals surface area contributed by atoms with E-state index in [9.17, 15) is 0 Å². The number of hydrogen-bond donors (Lipinski definition) is 2. The number of rotatable bonds is 5. The monoisotopic (exact) mass is 300 g/mol. The highest BCUT2D eigenvalue weighted by atomic mass is 16.5. The van der Waals surface area contributed by atoms with Crippen molar-refractivity contribution >= 4 is 11.8 Å². The molecule has 0 spiro atoms. The molecule has 2 N–H and O–H groups in total. The number of nitrogens with zero attached hydrogens (tertiary/aromatic N) is 3. The van der Waals surface area contributed by atoms with Gasteiger partial charge in [-0.25, -0.2) is 4.98 Å². The van der Waals surface area contributed by atoms with Crippen LogP contribution in [-0.4, -0.2) is 41.9 Å². The van der Waals surface area contributed by atoms with Crippen LogP contribution in [0.3, 0.4) is 0 Å². The van der Waals surface area contributed by atoms with Gasteiger partial charge in [-0.1, -0.05) is 6.07 Å². The molecule has 0 amide bonds. The molecule has 1 aliphatic rings. The minimum Gasteiger partial charge on any atom is -0.497 e. The molecule has 1 aliphatic heterocycles. The van der Waals surface area contributed by atoms with Crippen molar-refractivity contribution in [3.05, 3.63) is 41.6 Å². The molecule has 0 aliphatic carbocycles. The Kier molecular flexibility index (Phi) is 4.39. The molecule has 0 saturated heterocycles. The Morgan fingerprint density at radius 2 is 2.23 bits per heavy atom. The van der Waals surface area contributed by atoms with Crippen molar-refractivity contribution in [2.45, 2.75) is 13.0 Å². The van der Waals surface area contributed by atoms with Crippen molar-refractivity contribution in [3.63, 3.8) is 0 Å². The van der Waals surface area contributed by atoms with Crippen LogP contribution in [0.15, 0.2) is 30.5 Å². The highest BCUT2D eigenvalue weighted by molar-refractivity contribution is 5.47. The summed E-state index contributed by atoms with van der Waals surface area (Å²) < 4.78 is 5.28. The van der Waals surface area contributed by atoms with E-state index < -0.39 is 0 Å². The van der Waals surface area contributed by atoms with E-state index in [-0.39, 0.29) is 6.61 Å². The molecule has 0 radical (unpaired) electrons. The van der Waals surface area contributed by atoms with Gasteiger partial charge in [-0.2, -0.15) is 4.98 Å². The number of nitrogens with one attached hydrogen (secondary N) is 1. The van der Waals surface area contributed by atoms with Gasteiger partial charge >= 0.3 is 0 Å². The fraction of sp³-hybridized carbons (Fsp3) is 0.375.